The summed E-state index contributed by atoms with van der Waals surface area (Å²) in [6, 6.07) is 5.40. The Kier molecular flexibility index (Phi) is 6.76. The number of rotatable bonds is 7. The predicted molar refractivity (Wildman–Crippen MR) is 98.7 cm³/mol. The van der Waals surface area contributed by atoms with Gasteiger partial charge in [-0.1, -0.05) is 25.8 Å². The molecule has 0 bridgehead atoms. The minimum absolute atomic E-state index is 0.152. The first-order valence-corrected chi connectivity index (χ1v) is 9.00. The third-order valence-electron chi connectivity index (χ3n) is 5.05. The molecule has 0 aromatic heterocycles. The molecule has 0 saturated heterocycles. The topological polar surface area (TPSA) is 65.9 Å². The van der Waals surface area contributed by atoms with E-state index in [2.05, 4.69) is 29.5 Å². The first-order valence-electron chi connectivity index (χ1n) is 9.00. The average molecular weight is 333 g/mol. The normalized spacial score (nSPS) is 16.9. The Morgan fingerprint density at radius 3 is 2.58 bits per heavy atom. The van der Waals surface area contributed by atoms with Crippen LogP contribution < -0.4 is 15.4 Å². The van der Waals surface area contributed by atoms with Gasteiger partial charge in [-0.2, -0.15) is 0 Å². The summed E-state index contributed by atoms with van der Waals surface area (Å²) in [5.41, 5.74) is 1.38. The Morgan fingerprint density at radius 1 is 1.25 bits per heavy atom. The SMILES string of the molecule is CCNC(=NCc1ccc(OC)c(O)c1)NCC1(CC)CCCC1. The fourth-order valence-corrected chi connectivity index (χ4v) is 3.40. The molecule has 0 atom stereocenters. The summed E-state index contributed by atoms with van der Waals surface area (Å²) < 4.78 is 5.07. The lowest BCUT2D eigenvalue weighted by molar-refractivity contribution is 0.283. The minimum Gasteiger partial charge on any atom is -0.504 e. The molecule has 5 heteroatoms. The van der Waals surface area contributed by atoms with Gasteiger partial charge in [0.05, 0.1) is 13.7 Å². The first-order chi connectivity index (χ1) is 11.6. The van der Waals surface area contributed by atoms with Crippen molar-refractivity contribution in [2.24, 2.45) is 10.4 Å². The Morgan fingerprint density at radius 2 is 2.00 bits per heavy atom. The number of hydrogen-bond acceptors (Lipinski definition) is 3. The minimum atomic E-state index is 0.152. The monoisotopic (exact) mass is 333 g/mol. The summed E-state index contributed by atoms with van der Waals surface area (Å²) in [4.78, 5) is 4.65. The van der Waals surface area contributed by atoms with E-state index in [9.17, 15) is 5.11 Å². The van der Waals surface area contributed by atoms with E-state index in [1.54, 1.807) is 19.2 Å². The van der Waals surface area contributed by atoms with Crippen molar-refractivity contribution in [3.63, 3.8) is 0 Å². The molecule has 2 rings (SSSR count). The van der Waals surface area contributed by atoms with Crippen molar-refractivity contribution in [1.82, 2.24) is 10.6 Å². The number of hydrogen-bond donors (Lipinski definition) is 3. The third-order valence-corrected chi connectivity index (χ3v) is 5.05. The summed E-state index contributed by atoms with van der Waals surface area (Å²) in [7, 11) is 1.55. The van der Waals surface area contributed by atoms with E-state index in [0.29, 0.717) is 17.7 Å². The molecular weight excluding hydrogens is 302 g/mol. The van der Waals surface area contributed by atoms with Crippen molar-refractivity contribution < 1.29 is 9.84 Å². The number of guanidine groups is 1. The zero-order chi connectivity index (χ0) is 17.4. The van der Waals surface area contributed by atoms with Gasteiger partial charge < -0.3 is 20.5 Å². The van der Waals surface area contributed by atoms with E-state index in [4.69, 9.17) is 4.74 Å². The van der Waals surface area contributed by atoms with Crippen LogP contribution in [0.4, 0.5) is 0 Å². The van der Waals surface area contributed by atoms with Gasteiger partial charge in [0.15, 0.2) is 17.5 Å². The molecule has 0 radical (unpaired) electrons. The number of aliphatic imine (C=N–C) groups is 1. The number of phenols is 1. The molecule has 5 nitrogen and oxygen atoms in total. The molecule has 0 unspecified atom stereocenters. The Balaban J connectivity index is 1.98. The Hall–Kier alpha value is -1.91. The van der Waals surface area contributed by atoms with E-state index in [0.717, 1.165) is 24.6 Å². The number of methoxy groups -OCH3 is 1. The zero-order valence-corrected chi connectivity index (χ0v) is 15.2. The second kappa shape index (κ2) is 8.81. The maximum Gasteiger partial charge on any atom is 0.191 e. The van der Waals surface area contributed by atoms with Gasteiger partial charge in [-0.15, -0.1) is 0 Å². The summed E-state index contributed by atoms with van der Waals surface area (Å²) in [5, 5.41) is 16.7. The van der Waals surface area contributed by atoms with Gasteiger partial charge in [0.2, 0.25) is 0 Å². The summed E-state index contributed by atoms with van der Waals surface area (Å²) in [6.45, 7) is 6.69. The van der Waals surface area contributed by atoms with Crippen molar-refractivity contribution in [3.8, 4) is 11.5 Å². The van der Waals surface area contributed by atoms with Crippen LogP contribution in [0.1, 0.15) is 51.5 Å². The van der Waals surface area contributed by atoms with Crippen molar-refractivity contribution >= 4 is 5.96 Å². The van der Waals surface area contributed by atoms with Crippen molar-refractivity contribution in [2.45, 2.75) is 52.5 Å². The van der Waals surface area contributed by atoms with Crippen LogP contribution in [0.3, 0.4) is 0 Å². The molecule has 1 aliphatic carbocycles. The molecule has 1 saturated carbocycles. The van der Waals surface area contributed by atoms with E-state index in [-0.39, 0.29) is 5.75 Å². The van der Waals surface area contributed by atoms with Crippen LogP contribution in [-0.2, 0) is 6.54 Å². The van der Waals surface area contributed by atoms with Crippen LogP contribution in [0.15, 0.2) is 23.2 Å². The molecule has 1 aromatic carbocycles. The fourth-order valence-electron chi connectivity index (χ4n) is 3.40. The van der Waals surface area contributed by atoms with E-state index in [1.165, 1.54) is 32.1 Å². The van der Waals surface area contributed by atoms with Crippen LogP contribution in [-0.4, -0.2) is 31.3 Å². The highest BCUT2D eigenvalue weighted by atomic mass is 16.5. The highest BCUT2D eigenvalue weighted by Crippen LogP contribution is 2.40. The highest BCUT2D eigenvalue weighted by molar-refractivity contribution is 5.79. The number of phenolic OH excluding ortho intramolecular Hbond substituents is 1. The second-order valence-electron chi connectivity index (χ2n) is 6.62. The third kappa shape index (κ3) is 4.79. The number of benzene rings is 1. The standard InChI is InChI=1S/C19H31N3O2/c1-4-19(10-6-7-11-19)14-22-18(20-5-2)21-13-15-8-9-17(24-3)16(23)12-15/h8-9,12,23H,4-7,10-11,13-14H2,1-3H3,(H2,20,21,22). The van der Waals surface area contributed by atoms with Gasteiger partial charge in [0.25, 0.3) is 0 Å². The molecule has 3 N–H and O–H groups in total. The van der Waals surface area contributed by atoms with Gasteiger partial charge >= 0.3 is 0 Å². The first kappa shape index (κ1) is 18.4. The van der Waals surface area contributed by atoms with E-state index >= 15 is 0 Å². The number of nitrogens with zero attached hydrogens (tertiary/aromatic N) is 1. The maximum atomic E-state index is 9.87. The molecule has 0 amide bonds. The fraction of sp³-hybridized carbons (Fsp3) is 0.632. The number of ether oxygens (including phenoxy) is 1. The average Bonchev–Trinajstić information content (AvgIpc) is 3.07. The molecule has 0 spiro atoms. The maximum absolute atomic E-state index is 9.87. The quantitative estimate of drug-likeness (QED) is 0.528. The van der Waals surface area contributed by atoms with Crippen molar-refractivity contribution in [2.75, 3.05) is 20.2 Å². The molecule has 134 valence electrons. The number of aromatic hydroxyl groups is 1. The molecular formula is C19H31N3O2. The molecule has 1 fully saturated rings. The molecule has 0 aliphatic heterocycles. The van der Waals surface area contributed by atoms with E-state index in [1.807, 2.05) is 6.07 Å². The van der Waals surface area contributed by atoms with Gasteiger partial charge in [-0.25, -0.2) is 4.99 Å². The van der Waals surface area contributed by atoms with Gasteiger partial charge in [-0.3, -0.25) is 0 Å². The lowest BCUT2D eigenvalue weighted by Crippen LogP contribution is -2.42. The number of nitrogens with one attached hydrogen (secondary N) is 2. The highest BCUT2D eigenvalue weighted by Gasteiger charge is 2.31. The van der Waals surface area contributed by atoms with Crippen LogP contribution in [0.5, 0.6) is 11.5 Å². The van der Waals surface area contributed by atoms with Crippen LogP contribution in [0.25, 0.3) is 0 Å². The Bertz CT molecular complexity index is 552. The van der Waals surface area contributed by atoms with Crippen LogP contribution in [0, 0.1) is 5.41 Å². The summed E-state index contributed by atoms with van der Waals surface area (Å²) in [5.74, 6) is 1.48. The van der Waals surface area contributed by atoms with Crippen LogP contribution in [0.2, 0.25) is 0 Å². The van der Waals surface area contributed by atoms with Gasteiger partial charge in [0, 0.05) is 13.1 Å². The zero-order valence-electron chi connectivity index (χ0n) is 15.2. The van der Waals surface area contributed by atoms with Crippen molar-refractivity contribution in [3.05, 3.63) is 23.8 Å². The Labute approximate surface area is 145 Å². The predicted octanol–water partition coefficient (Wildman–Crippen LogP) is 3.43. The second-order valence-corrected chi connectivity index (χ2v) is 6.62. The summed E-state index contributed by atoms with van der Waals surface area (Å²) in [6.07, 6.45) is 6.51. The summed E-state index contributed by atoms with van der Waals surface area (Å²) >= 11 is 0. The molecule has 1 aliphatic rings. The largest absolute Gasteiger partial charge is 0.504 e. The lowest BCUT2D eigenvalue weighted by Gasteiger charge is -2.28. The smallest absolute Gasteiger partial charge is 0.191 e. The lowest BCUT2D eigenvalue weighted by atomic mass is 9.83. The van der Waals surface area contributed by atoms with Crippen LogP contribution >= 0.6 is 0 Å². The molecule has 24 heavy (non-hydrogen) atoms. The van der Waals surface area contributed by atoms with Gasteiger partial charge in [-0.05, 0) is 49.3 Å². The van der Waals surface area contributed by atoms with Gasteiger partial charge in [0.1, 0.15) is 0 Å². The molecule has 1 aromatic rings. The van der Waals surface area contributed by atoms with Crippen molar-refractivity contribution in [1.29, 1.82) is 0 Å². The molecule has 0 heterocycles. The van der Waals surface area contributed by atoms with E-state index < -0.39 is 0 Å².